The Morgan fingerprint density at radius 3 is 2.58 bits per heavy atom. The molecule has 1 saturated carbocycles. The summed E-state index contributed by atoms with van der Waals surface area (Å²) in [6.07, 6.45) is 8.39. The third-order valence-corrected chi connectivity index (χ3v) is 4.51. The van der Waals surface area contributed by atoms with E-state index in [4.69, 9.17) is 0 Å². The van der Waals surface area contributed by atoms with Crippen molar-refractivity contribution in [1.29, 1.82) is 0 Å². The first-order valence-electron chi connectivity index (χ1n) is 8.86. The third kappa shape index (κ3) is 4.82. The van der Waals surface area contributed by atoms with Crippen molar-refractivity contribution in [3.05, 3.63) is 59.8 Å². The molecule has 2 aromatic rings. The van der Waals surface area contributed by atoms with E-state index in [0.717, 1.165) is 38.0 Å². The highest BCUT2D eigenvalue weighted by Crippen LogP contribution is 2.18. The molecular weight excluding hydrogens is 298 g/mol. The van der Waals surface area contributed by atoms with Gasteiger partial charge in [0.1, 0.15) is 5.82 Å². The van der Waals surface area contributed by atoms with Crippen LogP contribution in [0.4, 0.5) is 5.82 Å². The number of carbonyl (C=O) groups is 1. The predicted molar refractivity (Wildman–Crippen MR) is 97.2 cm³/mol. The number of aromatic nitrogens is 1. The van der Waals surface area contributed by atoms with Crippen LogP contribution in [0.2, 0.25) is 0 Å². The van der Waals surface area contributed by atoms with Crippen LogP contribution in [0.1, 0.15) is 48.0 Å². The van der Waals surface area contributed by atoms with Gasteiger partial charge < -0.3 is 10.6 Å². The van der Waals surface area contributed by atoms with E-state index in [0.29, 0.717) is 11.6 Å². The number of rotatable bonds is 7. The fraction of sp³-hybridized carbons (Fsp3) is 0.400. The van der Waals surface area contributed by atoms with Gasteiger partial charge >= 0.3 is 0 Å². The summed E-state index contributed by atoms with van der Waals surface area (Å²) < 4.78 is 0. The molecule has 1 aliphatic carbocycles. The Kier molecular flexibility index (Phi) is 5.83. The molecule has 1 amide bonds. The van der Waals surface area contributed by atoms with E-state index in [2.05, 4.69) is 39.9 Å². The number of benzene rings is 1. The molecule has 0 saturated heterocycles. The van der Waals surface area contributed by atoms with Crippen molar-refractivity contribution in [2.45, 2.75) is 44.6 Å². The standard InChI is InChI=1S/C20H25N3O/c24-20(23-18-10-4-5-11-18)17-12-13-19(22-15-17)21-14-6-9-16-7-2-1-3-8-16/h1-3,7-8,12-13,15,18H,4-6,9-11,14H2,(H,21,22)(H,23,24). The zero-order chi connectivity index (χ0) is 16.6. The Bertz CT molecular complexity index is 634. The van der Waals surface area contributed by atoms with E-state index in [1.165, 1.54) is 18.4 Å². The van der Waals surface area contributed by atoms with Crippen LogP contribution in [0.5, 0.6) is 0 Å². The van der Waals surface area contributed by atoms with Gasteiger partial charge in [0.05, 0.1) is 5.56 Å². The second-order valence-corrected chi connectivity index (χ2v) is 6.40. The summed E-state index contributed by atoms with van der Waals surface area (Å²) in [4.78, 5) is 16.5. The summed E-state index contributed by atoms with van der Waals surface area (Å²) in [5.74, 6) is 0.811. The van der Waals surface area contributed by atoms with Crippen molar-refractivity contribution in [2.75, 3.05) is 11.9 Å². The van der Waals surface area contributed by atoms with Gasteiger partial charge in [-0.1, -0.05) is 43.2 Å². The number of carbonyl (C=O) groups excluding carboxylic acids is 1. The van der Waals surface area contributed by atoms with Crippen LogP contribution in [0.3, 0.4) is 0 Å². The number of anilines is 1. The second kappa shape index (κ2) is 8.48. The van der Waals surface area contributed by atoms with Gasteiger partial charge in [0.2, 0.25) is 0 Å². The Labute approximate surface area is 143 Å². The van der Waals surface area contributed by atoms with Gasteiger partial charge in [-0.3, -0.25) is 4.79 Å². The largest absolute Gasteiger partial charge is 0.370 e. The molecule has 4 heteroatoms. The molecule has 0 aliphatic heterocycles. The van der Waals surface area contributed by atoms with Gasteiger partial charge in [-0.25, -0.2) is 4.98 Å². The Morgan fingerprint density at radius 1 is 1.08 bits per heavy atom. The first-order valence-corrected chi connectivity index (χ1v) is 8.86. The number of aryl methyl sites for hydroxylation is 1. The highest BCUT2D eigenvalue weighted by atomic mass is 16.1. The zero-order valence-corrected chi connectivity index (χ0v) is 14.0. The van der Waals surface area contributed by atoms with Crippen LogP contribution < -0.4 is 10.6 Å². The molecular formula is C20H25N3O. The van der Waals surface area contributed by atoms with Gasteiger partial charge in [0.15, 0.2) is 0 Å². The van der Waals surface area contributed by atoms with Gasteiger partial charge in [0, 0.05) is 18.8 Å². The number of hydrogen-bond donors (Lipinski definition) is 2. The third-order valence-electron chi connectivity index (χ3n) is 4.51. The van der Waals surface area contributed by atoms with E-state index < -0.39 is 0 Å². The normalized spacial score (nSPS) is 14.5. The van der Waals surface area contributed by atoms with Gasteiger partial charge in [-0.15, -0.1) is 0 Å². The van der Waals surface area contributed by atoms with Crippen molar-refractivity contribution < 1.29 is 4.79 Å². The van der Waals surface area contributed by atoms with Crippen LogP contribution in [-0.2, 0) is 6.42 Å². The van der Waals surface area contributed by atoms with Gasteiger partial charge in [-0.05, 0) is 43.4 Å². The molecule has 3 rings (SSSR count). The molecule has 0 radical (unpaired) electrons. The minimum Gasteiger partial charge on any atom is -0.370 e. The summed E-state index contributed by atoms with van der Waals surface area (Å²) in [6.45, 7) is 0.871. The molecule has 2 N–H and O–H groups in total. The fourth-order valence-electron chi connectivity index (χ4n) is 3.13. The molecule has 24 heavy (non-hydrogen) atoms. The molecule has 4 nitrogen and oxygen atoms in total. The number of nitrogens with zero attached hydrogens (tertiary/aromatic N) is 1. The lowest BCUT2D eigenvalue weighted by Gasteiger charge is -2.12. The maximum Gasteiger partial charge on any atom is 0.253 e. The molecule has 0 spiro atoms. The lowest BCUT2D eigenvalue weighted by atomic mass is 10.1. The minimum absolute atomic E-state index is 0.00923. The van der Waals surface area contributed by atoms with E-state index in [-0.39, 0.29) is 5.91 Å². The molecule has 1 heterocycles. The lowest BCUT2D eigenvalue weighted by molar-refractivity contribution is 0.0937. The highest BCUT2D eigenvalue weighted by molar-refractivity contribution is 5.94. The van der Waals surface area contributed by atoms with Crippen LogP contribution >= 0.6 is 0 Å². The topological polar surface area (TPSA) is 54.0 Å². The molecule has 1 aliphatic rings. The molecule has 0 bridgehead atoms. The van der Waals surface area contributed by atoms with E-state index in [1.54, 1.807) is 6.20 Å². The fourth-order valence-corrected chi connectivity index (χ4v) is 3.13. The van der Waals surface area contributed by atoms with Crippen LogP contribution in [0, 0.1) is 0 Å². The van der Waals surface area contributed by atoms with E-state index in [9.17, 15) is 4.79 Å². The Hall–Kier alpha value is -2.36. The highest BCUT2D eigenvalue weighted by Gasteiger charge is 2.17. The number of amides is 1. The molecule has 1 aromatic heterocycles. The molecule has 1 aromatic carbocycles. The van der Waals surface area contributed by atoms with Crippen LogP contribution in [0.15, 0.2) is 48.7 Å². The monoisotopic (exact) mass is 323 g/mol. The summed E-state index contributed by atoms with van der Waals surface area (Å²) in [5, 5.41) is 6.40. The zero-order valence-electron chi connectivity index (χ0n) is 14.0. The smallest absolute Gasteiger partial charge is 0.253 e. The average Bonchev–Trinajstić information content (AvgIpc) is 3.13. The maximum atomic E-state index is 12.2. The van der Waals surface area contributed by atoms with E-state index in [1.807, 2.05) is 18.2 Å². The Balaban J connectivity index is 1.41. The molecule has 1 fully saturated rings. The van der Waals surface area contributed by atoms with Crippen molar-refractivity contribution in [3.63, 3.8) is 0 Å². The second-order valence-electron chi connectivity index (χ2n) is 6.40. The number of hydrogen-bond acceptors (Lipinski definition) is 3. The quantitative estimate of drug-likeness (QED) is 0.762. The van der Waals surface area contributed by atoms with Gasteiger partial charge in [0.25, 0.3) is 5.91 Å². The van der Waals surface area contributed by atoms with E-state index >= 15 is 0 Å². The van der Waals surface area contributed by atoms with Gasteiger partial charge in [-0.2, -0.15) is 0 Å². The lowest BCUT2D eigenvalue weighted by Crippen LogP contribution is -2.32. The predicted octanol–water partition coefficient (Wildman–Crippen LogP) is 3.80. The van der Waals surface area contributed by atoms with Crippen molar-refractivity contribution in [2.24, 2.45) is 0 Å². The number of nitrogens with one attached hydrogen (secondary N) is 2. The minimum atomic E-state index is -0.00923. The molecule has 0 unspecified atom stereocenters. The SMILES string of the molecule is O=C(NC1CCCC1)c1ccc(NCCCc2ccccc2)nc1. The molecule has 0 atom stereocenters. The first kappa shape index (κ1) is 16.5. The summed E-state index contributed by atoms with van der Waals surface area (Å²) >= 11 is 0. The average molecular weight is 323 g/mol. The first-order chi connectivity index (χ1) is 11.8. The van der Waals surface area contributed by atoms with Crippen molar-refractivity contribution in [1.82, 2.24) is 10.3 Å². The van der Waals surface area contributed by atoms with Crippen LogP contribution in [-0.4, -0.2) is 23.5 Å². The summed E-state index contributed by atoms with van der Waals surface area (Å²) in [5.41, 5.74) is 1.99. The van der Waals surface area contributed by atoms with Crippen LogP contribution in [0.25, 0.3) is 0 Å². The summed E-state index contributed by atoms with van der Waals surface area (Å²) in [7, 11) is 0. The molecule has 126 valence electrons. The maximum absolute atomic E-state index is 12.2. The Morgan fingerprint density at radius 2 is 1.88 bits per heavy atom. The van der Waals surface area contributed by atoms with Crippen molar-refractivity contribution >= 4 is 11.7 Å². The summed E-state index contributed by atoms with van der Waals surface area (Å²) in [6, 6.07) is 14.5. The van der Waals surface area contributed by atoms with Crippen molar-refractivity contribution in [3.8, 4) is 0 Å². The number of pyridine rings is 1.